The van der Waals surface area contributed by atoms with Gasteiger partial charge in [0.1, 0.15) is 11.5 Å². The standard InChI is InChI=1S/C25H24O/c1-25(2,3)20-15-13-18(14-16-20)22-17-24(19-9-5-4-6-10-19)26-23-12-8-7-11-21(22)23/h4-17,22H,1-3H3. The van der Waals surface area contributed by atoms with Crippen LogP contribution in [0, 0.1) is 0 Å². The van der Waals surface area contributed by atoms with Gasteiger partial charge in [0.2, 0.25) is 0 Å². The lowest BCUT2D eigenvalue weighted by Crippen LogP contribution is -2.12. The van der Waals surface area contributed by atoms with Crippen LogP contribution in [0.15, 0.2) is 84.9 Å². The fourth-order valence-electron chi connectivity index (χ4n) is 3.45. The minimum Gasteiger partial charge on any atom is -0.457 e. The summed E-state index contributed by atoms with van der Waals surface area (Å²) in [6.45, 7) is 6.75. The van der Waals surface area contributed by atoms with Crippen molar-refractivity contribution < 1.29 is 4.74 Å². The molecular formula is C25H24O. The van der Waals surface area contributed by atoms with Gasteiger partial charge in [0, 0.05) is 17.0 Å². The number of benzene rings is 3. The topological polar surface area (TPSA) is 9.23 Å². The number of hydrogen-bond donors (Lipinski definition) is 0. The smallest absolute Gasteiger partial charge is 0.131 e. The van der Waals surface area contributed by atoms with E-state index in [2.05, 4.69) is 81.4 Å². The van der Waals surface area contributed by atoms with Crippen molar-refractivity contribution in [3.8, 4) is 5.75 Å². The molecular weight excluding hydrogens is 316 g/mol. The first-order chi connectivity index (χ1) is 12.5. The van der Waals surface area contributed by atoms with Crippen molar-refractivity contribution in [3.05, 3.63) is 107 Å². The molecule has 3 aromatic rings. The Morgan fingerprint density at radius 1 is 0.731 bits per heavy atom. The van der Waals surface area contributed by atoms with E-state index in [0.29, 0.717) is 0 Å². The maximum Gasteiger partial charge on any atom is 0.131 e. The maximum absolute atomic E-state index is 6.21. The summed E-state index contributed by atoms with van der Waals surface area (Å²) < 4.78 is 6.21. The summed E-state index contributed by atoms with van der Waals surface area (Å²) in [6, 6.07) is 27.7. The summed E-state index contributed by atoms with van der Waals surface area (Å²) in [5.74, 6) is 2.07. The van der Waals surface area contributed by atoms with Crippen molar-refractivity contribution in [1.29, 1.82) is 0 Å². The Morgan fingerprint density at radius 2 is 1.38 bits per heavy atom. The van der Waals surface area contributed by atoms with Gasteiger partial charge in [0.15, 0.2) is 0 Å². The predicted octanol–water partition coefficient (Wildman–Crippen LogP) is 6.55. The molecule has 0 aromatic heterocycles. The Morgan fingerprint density at radius 3 is 2.08 bits per heavy atom. The summed E-state index contributed by atoms with van der Waals surface area (Å²) in [4.78, 5) is 0. The molecule has 0 radical (unpaired) electrons. The molecule has 1 unspecified atom stereocenters. The fraction of sp³-hybridized carbons (Fsp3) is 0.200. The molecule has 0 spiro atoms. The lowest BCUT2D eigenvalue weighted by Gasteiger charge is -2.26. The molecule has 1 aliphatic heterocycles. The molecule has 0 aliphatic carbocycles. The van der Waals surface area contributed by atoms with Crippen molar-refractivity contribution in [2.24, 2.45) is 0 Å². The Kier molecular flexibility index (Phi) is 4.16. The molecule has 0 amide bonds. The van der Waals surface area contributed by atoms with Gasteiger partial charge in [-0.05, 0) is 28.7 Å². The molecule has 0 saturated heterocycles. The highest BCUT2D eigenvalue weighted by Crippen LogP contribution is 2.41. The molecule has 1 aliphatic rings. The highest BCUT2D eigenvalue weighted by Gasteiger charge is 2.24. The van der Waals surface area contributed by atoms with Gasteiger partial charge < -0.3 is 4.74 Å². The first-order valence-electron chi connectivity index (χ1n) is 9.17. The molecule has 3 aromatic carbocycles. The third-order valence-corrected chi connectivity index (χ3v) is 4.99. The zero-order valence-corrected chi connectivity index (χ0v) is 15.6. The van der Waals surface area contributed by atoms with Crippen molar-refractivity contribution >= 4 is 5.76 Å². The molecule has 0 fully saturated rings. The quantitative estimate of drug-likeness (QED) is 0.514. The van der Waals surface area contributed by atoms with Crippen LogP contribution in [0.25, 0.3) is 5.76 Å². The van der Waals surface area contributed by atoms with E-state index in [-0.39, 0.29) is 11.3 Å². The van der Waals surface area contributed by atoms with Crippen molar-refractivity contribution in [3.63, 3.8) is 0 Å². The summed E-state index contributed by atoms with van der Waals surface area (Å²) in [7, 11) is 0. The number of allylic oxidation sites excluding steroid dienone is 1. The van der Waals surface area contributed by atoms with E-state index in [4.69, 9.17) is 4.74 Å². The zero-order chi connectivity index (χ0) is 18.1. The van der Waals surface area contributed by atoms with E-state index < -0.39 is 0 Å². The highest BCUT2D eigenvalue weighted by atomic mass is 16.5. The van der Waals surface area contributed by atoms with Crippen LogP contribution >= 0.6 is 0 Å². The lowest BCUT2D eigenvalue weighted by atomic mass is 9.83. The lowest BCUT2D eigenvalue weighted by molar-refractivity contribution is 0.492. The molecule has 130 valence electrons. The van der Waals surface area contributed by atoms with Gasteiger partial charge in [0.25, 0.3) is 0 Å². The average molecular weight is 340 g/mol. The van der Waals surface area contributed by atoms with Crippen LogP contribution in [0.1, 0.15) is 48.9 Å². The number of fused-ring (bicyclic) bond motifs is 1. The molecule has 1 atom stereocenters. The Bertz CT molecular complexity index is 928. The summed E-state index contributed by atoms with van der Waals surface area (Å²) >= 11 is 0. The molecule has 1 heterocycles. The molecule has 0 bridgehead atoms. The van der Waals surface area contributed by atoms with E-state index in [1.165, 1.54) is 16.7 Å². The van der Waals surface area contributed by atoms with E-state index in [9.17, 15) is 0 Å². The minimum absolute atomic E-state index is 0.164. The first-order valence-corrected chi connectivity index (χ1v) is 9.17. The van der Waals surface area contributed by atoms with Gasteiger partial charge in [-0.15, -0.1) is 0 Å². The second-order valence-electron chi connectivity index (χ2n) is 7.89. The van der Waals surface area contributed by atoms with Crippen LogP contribution in [0.5, 0.6) is 5.75 Å². The van der Waals surface area contributed by atoms with Gasteiger partial charge in [-0.25, -0.2) is 0 Å². The zero-order valence-electron chi connectivity index (χ0n) is 15.6. The van der Waals surface area contributed by atoms with Gasteiger partial charge in [-0.2, -0.15) is 0 Å². The van der Waals surface area contributed by atoms with E-state index in [0.717, 1.165) is 17.1 Å². The average Bonchev–Trinajstić information content (AvgIpc) is 2.67. The van der Waals surface area contributed by atoms with E-state index >= 15 is 0 Å². The Labute approximate surface area is 156 Å². The Hall–Kier alpha value is -2.80. The van der Waals surface area contributed by atoms with Gasteiger partial charge in [-0.3, -0.25) is 0 Å². The van der Waals surface area contributed by atoms with Gasteiger partial charge in [-0.1, -0.05) is 93.6 Å². The van der Waals surface area contributed by atoms with Crippen LogP contribution in [-0.4, -0.2) is 0 Å². The maximum atomic E-state index is 6.21. The van der Waals surface area contributed by atoms with Gasteiger partial charge >= 0.3 is 0 Å². The SMILES string of the molecule is CC(C)(C)c1ccc(C2C=C(c3ccccc3)Oc3ccccc32)cc1. The van der Waals surface area contributed by atoms with Crippen LogP contribution in [0.3, 0.4) is 0 Å². The molecule has 26 heavy (non-hydrogen) atoms. The fourth-order valence-corrected chi connectivity index (χ4v) is 3.45. The molecule has 0 saturated carbocycles. The van der Waals surface area contributed by atoms with Crippen LogP contribution in [-0.2, 0) is 5.41 Å². The molecule has 1 heteroatoms. The van der Waals surface area contributed by atoms with Crippen LogP contribution in [0.2, 0.25) is 0 Å². The predicted molar refractivity (Wildman–Crippen MR) is 108 cm³/mol. The summed E-state index contributed by atoms with van der Waals surface area (Å²) in [6.07, 6.45) is 2.24. The van der Waals surface area contributed by atoms with Crippen molar-refractivity contribution in [1.82, 2.24) is 0 Å². The highest BCUT2D eigenvalue weighted by molar-refractivity contribution is 5.68. The third kappa shape index (κ3) is 3.17. The van der Waals surface area contributed by atoms with Crippen molar-refractivity contribution in [2.75, 3.05) is 0 Å². The first kappa shape index (κ1) is 16.7. The van der Waals surface area contributed by atoms with Crippen LogP contribution < -0.4 is 4.74 Å². The molecule has 1 nitrogen and oxygen atoms in total. The summed E-state index contributed by atoms with van der Waals surface area (Å²) in [5, 5.41) is 0. The monoisotopic (exact) mass is 340 g/mol. The minimum atomic E-state index is 0.164. The Balaban J connectivity index is 1.79. The van der Waals surface area contributed by atoms with Crippen molar-refractivity contribution in [2.45, 2.75) is 32.1 Å². The van der Waals surface area contributed by atoms with E-state index in [1.54, 1.807) is 0 Å². The summed E-state index contributed by atoms with van der Waals surface area (Å²) in [5.41, 5.74) is 5.14. The molecule has 0 N–H and O–H groups in total. The normalized spacial score (nSPS) is 16.4. The van der Waals surface area contributed by atoms with Gasteiger partial charge in [0.05, 0.1) is 0 Å². The second kappa shape index (κ2) is 6.49. The molecule has 4 rings (SSSR count). The largest absolute Gasteiger partial charge is 0.457 e. The number of rotatable bonds is 2. The second-order valence-corrected chi connectivity index (χ2v) is 7.89. The van der Waals surface area contributed by atoms with E-state index in [1.807, 2.05) is 24.3 Å². The number of ether oxygens (including phenoxy) is 1. The van der Waals surface area contributed by atoms with Crippen LogP contribution in [0.4, 0.5) is 0 Å². The number of hydrogen-bond acceptors (Lipinski definition) is 1. The third-order valence-electron chi connectivity index (χ3n) is 4.99. The number of para-hydroxylation sites is 1.